The Hall–Kier alpha value is -2.54. The molecule has 132 valence electrons. The van der Waals surface area contributed by atoms with Crippen molar-refractivity contribution in [3.63, 3.8) is 0 Å². The first-order valence-corrected chi connectivity index (χ1v) is 8.92. The quantitative estimate of drug-likeness (QED) is 0.615. The normalized spacial score (nSPS) is 13.6. The summed E-state index contributed by atoms with van der Waals surface area (Å²) in [7, 11) is 0. The molecule has 2 aromatic carbocycles. The monoisotopic (exact) mass is 417 g/mol. The number of rotatable bonds is 2. The first-order chi connectivity index (χ1) is 12.5. The zero-order valence-electron chi connectivity index (χ0n) is 13.6. The third-order valence-corrected chi connectivity index (χ3v) is 4.79. The summed E-state index contributed by atoms with van der Waals surface area (Å²) in [5.41, 5.74) is 1.96. The van der Waals surface area contributed by atoms with E-state index >= 15 is 0 Å². The summed E-state index contributed by atoms with van der Waals surface area (Å²) in [5, 5.41) is 4.19. The van der Waals surface area contributed by atoms with Gasteiger partial charge in [0.2, 0.25) is 0 Å². The molecular weight excluding hydrogens is 404 g/mol. The number of halogens is 3. The number of carbonyl (C=O) groups excluding carboxylic acids is 1. The van der Waals surface area contributed by atoms with Crippen LogP contribution >= 0.6 is 15.9 Å². The maximum absolute atomic E-state index is 14.3. The molecule has 1 aliphatic heterocycles. The minimum absolute atomic E-state index is 0.183. The Kier molecular flexibility index (Phi) is 4.32. The van der Waals surface area contributed by atoms with Crippen molar-refractivity contribution < 1.29 is 13.6 Å². The van der Waals surface area contributed by atoms with Crippen LogP contribution in [0.4, 0.5) is 14.5 Å². The van der Waals surface area contributed by atoms with Gasteiger partial charge in [0, 0.05) is 24.4 Å². The number of benzene rings is 2. The molecule has 0 spiro atoms. The van der Waals surface area contributed by atoms with Gasteiger partial charge in [-0.05, 0) is 64.7 Å². The number of hydrogen-bond acceptors (Lipinski definition) is 2. The molecule has 4 nitrogen and oxygen atoms in total. The van der Waals surface area contributed by atoms with E-state index in [0.29, 0.717) is 30.5 Å². The second-order valence-corrected chi connectivity index (χ2v) is 7.02. The van der Waals surface area contributed by atoms with Crippen LogP contribution in [-0.4, -0.2) is 22.2 Å². The topological polar surface area (TPSA) is 38.1 Å². The number of nitrogens with zero attached hydrogens (tertiary/aromatic N) is 3. The van der Waals surface area contributed by atoms with Gasteiger partial charge in [-0.1, -0.05) is 0 Å². The number of hydrogen-bond donors (Lipinski definition) is 0. The van der Waals surface area contributed by atoms with Crippen molar-refractivity contribution in [1.82, 2.24) is 9.78 Å². The standard InChI is InChI=1S/C19H14BrF2N3O/c20-14-10-23-25(11-14)16-5-3-12(4-6-16)19(26)24-7-1-2-13-8-15(21)9-17(22)18(13)24/h3-6,8-11H,1-2,7H2. The Morgan fingerprint density at radius 3 is 2.62 bits per heavy atom. The summed E-state index contributed by atoms with van der Waals surface area (Å²) in [5.74, 6) is -1.62. The van der Waals surface area contributed by atoms with Crippen LogP contribution in [0.25, 0.3) is 5.69 Å². The van der Waals surface area contributed by atoms with Crippen LogP contribution in [0, 0.1) is 11.6 Å². The molecule has 0 atom stereocenters. The van der Waals surface area contributed by atoms with Gasteiger partial charge in [0.25, 0.3) is 5.91 Å². The maximum Gasteiger partial charge on any atom is 0.258 e. The predicted octanol–water partition coefficient (Wildman–Crippen LogP) is 4.51. The lowest BCUT2D eigenvalue weighted by Crippen LogP contribution is -2.36. The molecular formula is C19H14BrF2N3O. The summed E-state index contributed by atoms with van der Waals surface area (Å²) >= 11 is 3.34. The van der Waals surface area contributed by atoms with Crippen molar-refractivity contribution in [2.24, 2.45) is 0 Å². The molecule has 0 fully saturated rings. The fraction of sp³-hybridized carbons (Fsp3) is 0.158. The van der Waals surface area contributed by atoms with Crippen LogP contribution < -0.4 is 4.90 Å². The highest BCUT2D eigenvalue weighted by atomic mass is 79.9. The second-order valence-electron chi connectivity index (χ2n) is 6.11. The van der Waals surface area contributed by atoms with Crippen LogP contribution in [0.5, 0.6) is 0 Å². The fourth-order valence-corrected chi connectivity index (χ4v) is 3.49. The Labute approximate surface area is 157 Å². The summed E-state index contributed by atoms with van der Waals surface area (Å²) in [6.07, 6.45) is 4.70. The van der Waals surface area contributed by atoms with Gasteiger partial charge in [0.1, 0.15) is 11.6 Å². The SMILES string of the molecule is O=C(c1ccc(-n2cc(Br)cn2)cc1)N1CCCc2cc(F)cc(F)c21. The van der Waals surface area contributed by atoms with Gasteiger partial charge in [-0.25, -0.2) is 13.5 Å². The molecule has 0 aliphatic carbocycles. The van der Waals surface area contributed by atoms with Crippen LogP contribution in [0.3, 0.4) is 0 Å². The zero-order chi connectivity index (χ0) is 18.3. The van der Waals surface area contributed by atoms with Gasteiger partial charge < -0.3 is 4.90 Å². The number of anilines is 1. The summed E-state index contributed by atoms with van der Waals surface area (Å²) in [6.45, 7) is 0.405. The lowest BCUT2D eigenvalue weighted by Gasteiger charge is -2.30. The molecule has 1 aromatic heterocycles. The van der Waals surface area contributed by atoms with E-state index in [4.69, 9.17) is 0 Å². The van der Waals surface area contributed by atoms with Crippen LogP contribution in [0.15, 0.2) is 53.3 Å². The van der Waals surface area contributed by atoms with E-state index in [1.807, 2.05) is 6.20 Å². The molecule has 0 N–H and O–H groups in total. The molecule has 7 heteroatoms. The van der Waals surface area contributed by atoms with Crippen molar-refractivity contribution in [2.75, 3.05) is 11.4 Å². The van der Waals surface area contributed by atoms with E-state index in [1.165, 1.54) is 11.0 Å². The largest absolute Gasteiger partial charge is 0.305 e. The first kappa shape index (κ1) is 16.9. The van der Waals surface area contributed by atoms with Gasteiger partial charge in [-0.3, -0.25) is 4.79 Å². The summed E-state index contributed by atoms with van der Waals surface area (Å²) in [4.78, 5) is 14.3. The first-order valence-electron chi connectivity index (χ1n) is 8.13. The lowest BCUT2D eigenvalue weighted by atomic mass is 10.00. The van der Waals surface area contributed by atoms with E-state index in [0.717, 1.165) is 16.2 Å². The molecule has 3 aromatic rings. The van der Waals surface area contributed by atoms with Crippen LogP contribution in [0.1, 0.15) is 22.3 Å². The van der Waals surface area contributed by atoms with Crippen molar-refractivity contribution in [3.8, 4) is 5.69 Å². The van der Waals surface area contributed by atoms with Crippen molar-refractivity contribution in [2.45, 2.75) is 12.8 Å². The molecule has 0 saturated heterocycles. The summed E-state index contributed by atoms with van der Waals surface area (Å²) < 4.78 is 30.3. The molecule has 2 heterocycles. The molecule has 1 amide bonds. The molecule has 0 bridgehead atoms. The van der Waals surface area contributed by atoms with Crippen molar-refractivity contribution in [3.05, 3.63) is 76.0 Å². The van der Waals surface area contributed by atoms with E-state index < -0.39 is 11.6 Å². The third-order valence-electron chi connectivity index (χ3n) is 4.38. The number of fused-ring (bicyclic) bond motifs is 1. The van der Waals surface area contributed by atoms with E-state index in [1.54, 1.807) is 35.1 Å². The molecule has 0 unspecified atom stereocenters. The van der Waals surface area contributed by atoms with Gasteiger partial charge in [0.15, 0.2) is 0 Å². The molecule has 0 radical (unpaired) electrons. The fourth-order valence-electron chi connectivity index (χ4n) is 3.21. The number of aromatic nitrogens is 2. The highest BCUT2D eigenvalue weighted by Crippen LogP contribution is 2.32. The maximum atomic E-state index is 14.3. The van der Waals surface area contributed by atoms with E-state index in [9.17, 15) is 13.6 Å². The van der Waals surface area contributed by atoms with Crippen LogP contribution in [-0.2, 0) is 6.42 Å². The van der Waals surface area contributed by atoms with Gasteiger partial charge in [-0.2, -0.15) is 5.10 Å². The highest BCUT2D eigenvalue weighted by Gasteiger charge is 2.27. The average molecular weight is 418 g/mol. The number of aryl methyl sites for hydroxylation is 1. The predicted molar refractivity (Wildman–Crippen MR) is 97.6 cm³/mol. The van der Waals surface area contributed by atoms with E-state index in [-0.39, 0.29) is 11.6 Å². The van der Waals surface area contributed by atoms with Gasteiger partial charge in [-0.15, -0.1) is 0 Å². The second kappa shape index (κ2) is 6.64. The Morgan fingerprint density at radius 2 is 1.92 bits per heavy atom. The number of carbonyl (C=O) groups is 1. The Morgan fingerprint density at radius 1 is 1.15 bits per heavy atom. The van der Waals surface area contributed by atoms with Gasteiger partial charge in [0.05, 0.1) is 22.0 Å². The van der Waals surface area contributed by atoms with Gasteiger partial charge >= 0.3 is 0 Å². The Bertz CT molecular complexity index is 985. The van der Waals surface area contributed by atoms with E-state index in [2.05, 4.69) is 21.0 Å². The van der Waals surface area contributed by atoms with Crippen molar-refractivity contribution >= 4 is 27.5 Å². The minimum atomic E-state index is -0.703. The van der Waals surface area contributed by atoms with Crippen molar-refractivity contribution in [1.29, 1.82) is 0 Å². The molecule has 26 heavy (non-hydrogen) atoms. The minimum Gasteiger partial charge on any atom is -0.305 e. The molecule has 4 rings (SSSR count). The molecule has 1 aliphatic rings. The van der Waals surface area contributed by atoms with Crippen LogP contribution in [0.2, 0.25) is 0 Å². The summed E-state index contributed by atoms with van der Waals surface area (Å²) in [6, 6.07) is 9.04. The smallest absolute Gasteiger partial charge is 0.258 e. The average Bonchev–Trinajstić information content (AvgIpc) is 3.07. The third kappa shape index (κ3) is 3.03. The lowest BCUT2D eigenvalue weighted by molar-refractivity contribution is 0.0984. The molecule has 0 saturated carbocycles. The Balaban J connectivity index is 1.65. The number of amides is 1. The zero-order valence-corrected chi connectivity index (χ0v) is 15.2. The highest BCUT2D eigenvalue weighted by molar-refractivity contribution is 9.10.